The fourth-order valence-electron chi connectivity index (χ4n) is 2.46. The average Bonchev–Trinajstić information content (AvgIpc) is 2.41. The number of nitrogens with one attached hydrogen (secondary N) is 2. The van der Waals surface area contributed by atoms with Gasteiger partial charge in [-0.3, -0.25) is 4.79 Å². The molecule has 0 aromatic heterocycles. The first-order valence-corrected chi connectivity index (χ1v) is 7.74. The third kappa shape index (κ3) is 7.22. The van der Waals surface area contributed by atoms with Crippen molar-refractivity contribution in [2.75, 3.05) is 40.3 Å². The summed E-state index contributed by atoms with van der Waals surface area (Å²) in [5, 5.41) is 6.27. The van der Waals surface area contributed by atoms with Crippen molar-refractivity contribution in [2.45, 2.75) is 45.3 Å². The lowest BCUT2D eigenvalue weighted by atomic mass is 10.0. The Hall–Kier alpha value is -0.650. The largest absolute Gasteiger partial charge is 0.368 e. The van der Waals surface area contributed by atoms with Crippen molar-refractivity contribution in [2.24, 2.45) is 5.92 Å². The van der Waals surface area contributed by atoms with E-state index >= 15 is 0 Å². The standard InChI is InChI=1S/C15H31N3O2/c1-12(2)9-13(18(3)4)10-17-15(19)11-20-14-5-7-16-8-6-14/h12-14,16H,5-11H2,1-4H3,(H,17,19). The number of carbonyl (C=O) groups excluding carboxylic acids is 1. The minimum absolute atomic E-state index is 0.000797. The number of ether oxygens (including phenoxy) is 1. The molecule has 20 heavy (non-hydrogen) atoms. The molecule has 0 aromatic carbocycles. The normalized spacial score (nSPS) is 18.5. The van der Waals surface area contributed by atoms with Crippen LogP contribution in [0.15, 0.2) is 0 Å². The zero-order valence-corrected chi connectivity index (χ0v) is 13.4. The summed E-state index contributed by atoms with van der Waals surface area (Å²) in [6.07, 6.45) is 3.33. The van der Waals surface area contributed by atoms with Crippen LogP contribution in [0.4, 0.5) is 0 Å². The first-order chi connectivity index (χ1) is 9.49. The lowest BCUT2D eigenvalue weighted by Gasteiger charge is -2.26. The molecule has 1 heterocycles. The van der Waals surface area contributed by atoms with Gasteiger partial charge in [-0.05, 0) is 52.4 Å². The summed E-state index contributed by atoms with van der Waals surface area (Å²) < 4.78 is 5.65. The average molecular weight is 285 g/mol. The van der Waals surface area contributed by atoms with Crippen molar-refractivity contribution in [3.8, 4) is 0 Å². The van der Waals surface area contributed by atoms with Gasteiger partial charge in [0.05, 0.1) is 6.10 Å². The SMILES string of the molecule is CC(C)CC(CNC(=O)COC1CCNCC1)N(C)C. The predicted molar refractivity (Wildman–Crippen MR) is 81.8 cm³/mol. The minimum Gasteiger partial charge on any atom is -0.368 e. The summed E-state index contributed by atoms with van der Waals surface area (Å²) in [6.45, 7) is 7.27. The van der Waals surface area contributed by atoms with Gasteiger partial charge >= 0.3 is 0 Å². The van der Waals surface area contributed by atoms with Crippen molar-refractivity contribution < 1.29 is 9.53 Å². The lowest BCUT2D eigenvalue weighted by Crippen LogP contribution is -2.42. The Balaban J connectivity index is 2.19. The molecule has 1 unspecified atom stereocenters. The van der Waals surface area contributed by atoms with E-state index in [9.17, 15) is 4.79 Å². The van der Waals surface area contributed by atoms with E-state index in [0.717, 1.165) is 32.4 Å². The van der Waals surface area contributed by atoms with Crippen LogP contribution >= 0.6 is 0 Å². The molecular weight excluding hydrogens is 254 g/mol. The fraction of sp³-hybridized carbons (Fsp3) is 0.933. The molecule has 0 saturated carbocycles. The number of nitrogens with zero attached hydrogens (tertiary/aromatic N) is 1. The Bertz CT molecular complexity index is 276. The van der Waals surface area contributed by atoms with Crippen molar-refractivity contribution in [3.63, 3.8) is 0 Å². The van der Waals surface area contributed by atoms with E-state index in [1.165, 1.54) is 0 Å². The smallest absolute Gasteiger partial charge is 0.246 e. The van der Waals surface area contributed by atoms with Crippen molar-refractivity contribution >= 4 is 5.91 Å². The summed E-state index contributed by atoms with van der Waals surface area (Å²) in [6, 6.07) is 0.387. The van der Waals surface area contributed by atoms with Crippen LogP contribution in [-0.4, -0.2) is 63.3 Å². The third-order valence-corrected chi connectivity index (χ3v) is 3.74. The molecule has 1 aliphatic heterocycles. The Morgan fingerprint density at radius 1 is 1.35 bits per heavy atom. The molecule has 0 aliphatic carbocycles. The highest BCUT2D eigenvalue weighted by molar-refractivity contribution is 5.77. The highest BCUT2D eigenvalue weighted by Gasteiger charge is 2.17. The van der Waals surface area contributed by atoms with E-state index < -0.39 is 0 Å². The highest BCUT2D eigenvalue weighted by Crippen LogP contribution is 2.08. The molecule has 1 aliphatic rings. The van der Waals surface area contributed by atoms with Gasteiger partial charge in [-0.2, -0.15) is 0 Å². The highest BCUT2D eigenvalue weighted by atomic mass is 16.5. The van der Waals surface area contributed by atoms with Crippen molar-refractivity contribution in [1.82, 2.24) is 15.5 Å². The van der Waals surface area contributed by atoms with Gasteiger partial charge in [0.15, 0.2) is 0 Å². The second kappa shape index (κ2) is 9.32. The summed E-state index contributed by atoms with van der Waals surface area (Å²) >= 11 is 0. The van der Waals surface area contributed by atoms with Gasteiger partial charge in [0.25, 0.3) is 0 Å². The molecule has 0 spiro atoms. The van der Waals surface area contributed by atoms with Crippen LogP contribution in [-0.2, 0) is 9.53 Å². The van der Waals surface area contributed by atoms with Crippen LogP contribution in [0.3, 0.4) is 0 Å². The maximum atomic E-state index is 11.8. The quantitative estimate of drug-likeness (QED) is 0.694. The fourth-order valence-corrected chi connectivity index (χ4v) is 2.46. The molecule has 5 nitrogen and oxygen atoms in total. The first-order valence-electron chi connectivity index (χ1n) is 7.74. The Morgan fingerprint density at radius 2 is 2.00 bits per heavy atom. The first kappa shape index (κ1) is 17.4. The minimum atomic E-state index is -0.000797. The van der Waals surface area contributed by atoms with E-state index in [4.69, 9.17) is 4.74 Å². The predicted octanol–water partition coefficient (Wildman–Crippen LogP) is 0.848. The Labute approximate surface area is 123 Å². The van der Waals surface area contributed by atoms with Gasteiger partial charge in [0.1, 0.15) is 6.61 Å². The van der Waals surface area contributed by atoms with Gasteiger partial charge in [-0.15, -0.1) is 0 Å². The van der Waals surface area contributed by atoms with Crippen molar-refractivity contribution in [3.05, 3.63) is 0 Å². The van der Waals surface area contributed by atoms with Crippen LogP contribution < -0.4 is 10.6 Å². The number of likely N-dealkylation sites (N-methyl/N-ethyl adjacent to an activating group) is 1. The molecule has 118 valence electrons. The van der Waals surface area contributed by atoms with Gasteiger partial charge in [-0.25, -0.2) is 0 Å². The molecule has 2 N–H and O–H groups in total. The zero-order chi connectivity index (χ0) is 15.0. The summed E-state index contributed by atoms with van der Waals surface area (Å²) in [5.41, 5.74) is 0. The van der Waals surface area contributed by atoms with Gasteiger partial charge in [-0.1, -0.05) is 13.8 Å². The molecule has 0 aromatic rings. The van der Waals surface area contributed by atoms with Crippen LogP contribution in [0.25, 0.3) is 0 Å². The van der Waals surface area contributed by atoms with E-state index in [1.807, 2.05) is 0 Å². The summed E-state index contributed by atoms with van der Waals surface area (Å²) in [5.74, 6) is 0.629. The number of amides is 1. The monoisotopic (exact) mass is 285 g/mol. The zero-order valence-electron chi connectivity index (χ0n) is 13.4. The van der Waals surface area contributed by atoms with Crippen LogP contribution in [0.2, 0.25) is 0 Å². The molecule has 1 rings (SSSR count). The van der Waals surface area contributed by atoms with Gasteiger partial charge in [0.2, 0.25) is 5.91 Å². The van der Waals surface area contributed by atoms with E-state index in [1.54, 1.807) is 0 Å². The summed E-state index contributed by atoms with van der Waals surface area (Å²) in [4.78, 5) is 14.0. The molecule has 5 heteroatoms. The van der Waals surface area contributed by atoms with Crippen LogP contribution in [0.5, 0.6) is 0 Å². The second-order valence-electron chi connectivity index (χ2n) is 6.31. The maximum absolute atomic E-state index is 11.8. The van der Waals surface area contributed by atoms with Crippen LogP contribution in [0.1, 0.15) is 33.1 Å². The Morgan fingerprint density at radius 3 is 2.55 bits per heavy atom. The number of piperidine rings is 1. The van der Waals surface area contributed by atoms with E-state index in [-0.39, 0.29) is 18.6 Å². The summed E-state index contributed by atoms with van der Waals surface area (Å²) in [7, 11) is 4.12. The number of hydrogen-bond donors (Lipinski definition) is 2. The molecule has 0 bridgehead atoms. The van der Waals surface area contributed by atoms with Crippen LogP contribution in [0, 0.1) is 5.92 Å². The third-order valence-electron chi connectivity index (χ3n) is 3.74. The molecule has 0 radical (unpaired) electrons. The van der Waals surface area contributed by atoms with Gasteiger partial charge in [0, 0.05) is 12.6 Å². The molecule has 1 amide bonds. The molecular formula is C15H31N3O2. The van der Waals surface area contributed by atoms with Gasteiger partial charge < -0.3 is 20.3 Å². The number of carbonyl (C=O) groups is 1. The lowest BCUT2D eigenvalue weighted by molar-refractivity contribution is -0.128. The number of rotatable bonds is 8. The van der Waals surface area contributed by atoms with E-state index in [0.29, 0.717) is 18.5 Å². The topological polar surface area (TPSA) is 53.6 Å². The Kier molecular flexibility index (Phi) is 8.11. The molecule has 1 atom stereocenters. The molecule has 1 fully saturated rings. The van der Waals surface area contributed by atoms with E-state index in [2.05, 4.69) is 43.5 Å². The molecule has 1 saturated heterocycles. The maximum Gasteiger partial charge on any atom is 0.246 e. The second-order valence-corrected chi connectivity index (χ2v) is 6.31. The number of hydrogen-bond acceptors (Lipinski definition) is 4. The van der Waals surface area contributed by atoms with Crippen molar-refractivity contribution in [1.29, 1.82) is 0 Å².